The van der Waals surface area contributed by atoms with Gasteiger partial charge < -0.3 is 20.1 Å². The zero-order chi connectivity index (χ0) is 28.6. The standard InChI is InChI=1S/C27H30Cl2N8O4/c1-3-35-23(29)19-15(32-35)9-8-14(21(19)28)22-20-24(37(33-22)18-6-4-5-11-41-18)31-26(34(2)25(20)38)36-13-7-10-17(36)16(12-13)30-27(39)40/h8-9,13,16-18,30H,3-7,10-12H2,1-2H3,(H,39,40)/t13-,16+,17+,18?/m0/s1. The summed E-state index contributed by atoms with van der Waals surface area (Å²) in [7, 11) is 1.70. The van der Waals surface area contributed by atoms with E-state index in [4.69, 9.17) is 38.0 Å². The van der Waals surface area contributed by atoms with Gasteiger partial charge in [0, 0.05) is 31.8 Å². The number of ether oxygens (including phenoxy) is 1. The maximum atomic E-state index is 14.2. The number of aryl methyl sites for hydroxylation is 1. The molecule has 0 spiro atoms. The van der Waals surface area contributed by atoms with Crippen molar-refractivity contribution in [1.82, 2.24) is 34.4 Å². The smallest absolute Gasteiger partial charge is 0.404 e. The van der Waals surface area contributed by atoms with Crippen LogP contribution >= 0.6 is 23.2 Å². The molecular formula is C27H30Cl2N8O4. The Hall–Kier alpha value is -3.35. The van der Waals surface area contributed by atoms with Gasteiger partial charge in [-0.1, -0.05) is 23.2 Å². The van der Waals surface area contributed by atoms with E-state index in [9.17, 15) is 14.7 Å². The highest BCUT2D eigenvalue weighted by Crippen LogP contribution is 2.43. The number of carboxylic acid groups (broad SMARTS) is 1. The second kappa shape index (κ2) is 9.88. The van der Waals surface area contributed by atoms with Gasteiger partial charge in [0.1, 0.15) is 16.2 Å². The van der Waals surface area contributed by atoms with Crippen molar-refractivity contribution in [2.75, 3.05) is 11.5 Å². The third kappa shape index (κ3) is 4.02. The highest BCUT2D eigenvalue weighted by molar-refractivity contribution is 6.43. The van der Waals surface area contributed by atoms with Gasteiger partial charge in [0.05, 0.1) is 28.0 Å². The van der Waals surface area contributed by atoms with Crippen molar-refractivity contribution < 1.29 is 14.6 Å². The van der Waals surface area contributed by atoms with E-state index < -0.39 is 6.09 Å². The fourth-order valence-corrected chi connectivity index (χ4v) is 7.59. The quantitative estimate of drug-likeness (QED) is 0.341. The Kier molecular flexibility index (Phi) is 6.40. The summed E-state index contributed by atoms with van der Waals surface area (Å²) in [5.74, 6) is 0.502. The van der Waals surface area contributed by atoms with Crippen LogP contribution in [0.5, 0.6) is 0 Å². The van der Waals surface area contributed by atoms with Gasteiger partial charge in [-0.05, 0) is 57.6 Å². The number of halogens is 2. The lowest BCUT2D eigenvalue weighted by Gasteiger charge is -2.27. The molecule has 3 aliphatic heterocycles. The third-order valence-corrected chi connectivity index (χ3v) is 9.53. The lowest BCUT2D eigenvalue weighted by Crippen LogP contribution is -2.44. The zero-order valence-corrected chi connectivity index (χ0v) is 24.2. The molecule has 1 aromatic carbocycles. The van der Waals surface area contributed by atoms with Gasteiger partial charge in [-0.3, -0.25) is 14.0 Å². The summed E-state index contributed by atoms with van der Waals surface area (Å²) in [6, 6.07) is 3.43. The molecule has 4 atom stereocenters. The second-order valence-electron chi connectivity index (χ2n) is 11.0. The molecule has 0 radical (unpaired) electrons. The van der Waals surface area contributed by atoms with Gasteiger partial charge in [0.15, 0.2) is 11.9 Å². The first-order valence-electron chi connectivity index (χ1n) is 14.0. The lowest BCUT2D eigenvalue weighted by molar-refractivity contribution is -0.0368. The molecule has 2 N–H and O–H groups in total. The van der Waals surface area contributed by atoms with Gasteiger partial charge in [-0.25, -0.2) is 9.48 Å². The number of carbonyl (C=O) groups is 1. The first-order chi connectivity index (χ1) is 19.8. The number of rotatable bonds is 5. The number of benzene rings is 1. The van der Waals surface area contributed by atoms with Crippen molar-refractivity contribution in [3.63, 3.8) is 0 Å². The van der Waals surface area contributed by atoms with Crippen LogP contribution < -0.4 is 15.8 Å². The number of nitrogens with zero attached hydrogens (tertiary/aromatic N) is 7. The monoisotopic (exact) mass is 600 g/mol. The second-order valence-corrected chi connectivity index (χ2v) is 11.8. The number of aromatic nitrogens is 6. The van der Waals surface area contributed by atoms with Crippen LogP contribution in [0, 0.1) is 0 Å². The Labute approximate surface area is 244 Å². The van der Waals surface area contributed by atoms with Gasteiger partial charge in [0.2, 0.25) is 5.95 Å². The van der Waals surface area contributed by atoms with Crippen molar-refractivity contribution >= 4 is 57.2 Å². The maximum absolute atomic E-state index is 14.2. The summed E-state index contributed by atoms with van der Waals surface area (Å²) in [6.45, 7) is 3.13. The van der Waals surface area contributed by atoms with Gasteiger partial charge in [-0.2, -0.15) is 15.2 Å². The van der Waals surface area contributed by atoms with E-state index >= 15 is 0 Å². The van der Waals surface area contributed by atoms with E-state index in [1.54, 1.807) is 21.0 Å². The third-order valence-electron chi connectivity index (χ3n) is 8.75. The van der Waals surface area contributed by atoms with Crippen molar-refractivity contribution in [3.8, 4) is 11.3 Å². The Bertz CT molecular complexity index is 1760. The van der Waals surface area contributed by atoms with E-state index in [-0.39, 0.29) is 29.9 Å². The molecule has 3 fully saturated rings. The van der Waals surface area contributed by atoms with E-state index in [1.165, 1.54) is 0 Å². The molecule has 0 saturated carbocycles. The highest BCUT2D eigenvalue weighted by Gasteiger charge is 2.48. The minimum absolute atomic E-state index is 0.0810. The Balaban J connectivity index is 1.44. The van der Waals surface area contributed by atoms with Gasteiger partial charge >= 0.3 is 6.09 Å². The number of nitrogens with one attached hydrogen (secondary N) is 1. The van der Waals surface area contributed by atoms with Crippen LogP contribution in [0.3, 0.4) is 0 Å². The van der Waals surface area contributed by atoms with Crippen molar-refractivity contribution in [1.29, 1.82) is 0 Å². The van der Waals surface area contributed by atoms with Crippen LogP contribution in [0.15, 0.2) is 16.9 Å². The number of hydrogen-bond acceptors (Lipinski definition) is 7. The molecule has 12 nitrogen and oxygen atoms in total. The van der Waals surface area contributed by atoms with E-state index in [1.807, 2.05) is 19.1 Å². The fraction of sp³-hybridized carbons (Fsp3) is 0.519. The van der Waals surface area contributed by atoms with E-state index in [0.29, 0.717) is 68.9 Å². The van der Waals surface area contributed by atoms with Crippen molar-refractivity contribution in [2.45, 2.75) is 76.3 Å². The van der Waals surface area contributed by atoms with Crippen LogP contribution in [0.2, 0.25) is 10.2 Å². The molecule has 1 amide bonds. The molecule has 1 unspecified atom stereocenters. The average Bonchev–Trinajstić information content (AvgIpc) is 3.71. The number of fused-ring (bicyclic) bond motifs is 4. The lowest BCUT2D eigenvalue weighted by atomic mass is 9.96. The molecule has 2 bridgehead atoms. The zero-order valence-electron chi connectivity index (χ0n) is 22.7. The number of hydrogen-bond donors (Lipinski definition) is 2. The summed E-state index contributed by atoms with van der Waals surface area (Å²) in [5, 5.41) is 23.2. The van der Waals surface area contributed by atoms with Crippen LogP contribution in [0.25, 0.3) is 33.2 Å². The molecule has 14 heteroatoms. The summed E-state index contributed by atoms with van der Waals surface area (Å²) in [6.07, 6.45) is 3.65. The summed E-state index contributed by atoms with van der Waals surface area (Å²) >= 11 is 13.6. The Morgan fingerprint density at radius 2 is 2.00 bits per heavy atom. The maximum Gasteiger partial charge on any atom is 0.404 e. The predicted molar refractivity (Wildman–Crippen MR) is 155 cm³/mol. The van der Waals surface area contributed by atoms with Crippen LogP contribution in [0.4, 0.5) is 10.7 Å². The normalized spacial score (nSPS) is 24.1. The average molecular weight is 601 g/mol. The van der Waals surface area contributed by atoms with Crippen LogP contribution in [-0.2, 0) is 18.3 Å². The van der Waals surface area contributed by atoms with Crippen LogP contribution in [-0.4, -0.2) is 65.0 Å². The number of amides is 1. The molecule has 0 aliphatic carbocycles. The molecular weight excluding hydrogens is 571 g/mol. The topological polar surface area (TPSA) is 132 Å². The largest absolute Gasteiger partial charge is 0.465 e. The summed E-state index contributed by atoms with van der Waals surface area (Å²) < 4.78 is 11.0. The molecule has 6 heterocycles. The molecule has 7 rings (SSSR count). The predicted octanol–water partition coefficient (Wildman–Crippen LogP) is 4.55. The molecule has 3 aliphatic rings. The Morgan fingerprint density at radius 3 is 2.73 bits per heavy atom. The molecule has 4 aromatic rings. The van der Waals surface area contributed by atoms with E-state index in [0.717, 1.165) is 32.1 Å². The van der Waals surface area contributed by atoms with Crippen LogP contribution in [0.1, 0.15) is 51.7 Å². The molecule has 216 valence electrons. The van der Waals surface area contributed by atoms with Crippen molar-refractivity contribution in [2.24, 2.45) is 7.05 Å². The van der Waals surface area contributed by atoms with Crippen molar-refractivity contribution in [3.05, 3.63) is 32.7 Å². The first-order valence-corrected chi connectivity index (χ1v) is 14.8. The summed E-state index contributed by atoms with van der Waals surface area (Å²) in [4.78, 5) is 32.8. The molecule has 3 saturated heterocycles. The minimum atomic E-state index is -1.05. The number of anilines is 1. The fourth-order valence-electron chi connectivity index (χ4n) is 6.85. The summed E-state index contributed by atoms with van der Waals surface area (Å²) in [5.41, 5.74) is 1.80. The Morgan fingerprint density at radius 1 is 1.17 bits per heavy atom. The molecule has 41 heavy (non-hydrogen) atoms. The minimum Gasteiger partial charge on any atom is -0.465 e. The SMILES string of the molecule is CCn1nc2ccc(-c3nn(C4CCCCO4)c4nc(N5[C@H]6CC[C@@H]5[C@H](NC(=O)O)C6)n(C)c(=O)c34)c(Cl)c2c1Cl. The highest BCUT2D eigenvalue weighted by atomic mass is 35.5. The molecule has 3 aromatic heterocycles. The first kappa shape index (κ1) is 26.5. The van der Waals surface area contributed by atoms with E-state index in [2.05, 4.69) is 15.3 Å². The van der Waals surface area contributed by atoms with Gasteiger partial charge in [0.25, 0.3) is 5.56 Å². The van der Waals surface area contributed by atoms with Gasteiger partial charge in [-0.15, -0.1) is 0 Å².